The highest BCUT2D eigenvalue weighted by molar-refractivity contribution is 7.99. The molecular formula is C11H14ClN3OS. The van der Waals surface area contributed by atoms with Crippen LogP contribution in [-0.4, -0.2) is 21.8 Å². The number of nitrogens with two attached hydrogens (primary N) is 1. The number of aromatic nitrogens is 1. The molecule has 0 atom stereocenters. The van der Waals surface area contributed by atoms with Gasteiger partial charge in [0.25, 0.3) is 0 Å². The van der Waals surface area contributed by atoms with Crippen LogP contribution in [0.3, 0.4) is 0 Å². The molecule has 0 radical (unpaired) electrons. The van der Waals surface area contributed by atoms with Gasteiger partial charge in [-0.05, 0) is 30.4 Å². The average Bonchev–Trinajstić information content (AvgIpc) is 3.09. The summed E-state index contributed by atoms with van der Waals surface area (Å²) in [6.07, 6.45) is 4.56. The second-order valence-corrected chi connectivity index (χ2v) is 5.80. The molecule has 0 spiro atoms. The predicted molar refractivity (Wildman–Crippen MR) is 69.7 cm³/mol. The minimum absolute atomic E-state index is 0.197. The molecule has 3 N–H and O–H groups in total. The third-order valence-electron chi connectivity index (χ3n) is 2.87. The number of amidine groups is 1. The second-order valence-electron chi connectivity index (χ2n) is 4.37. The lowest BCUT2D eigenvalue weighted by molar-refractivity contribution is 0.315. The van der Waals surface area contributed by atoms with Crippen LogP contribution < -0.4 is 5.73 Å². The van der Waals surface area contributed by atoms with Crippen LogP contribution in [0, 0.1) is 5.41 Å². The maximum atomic E-state index is 8.57. The van der Waals surface area contributed by atoms with E-state index in [0.717, 1.165) is 23.6 Å². The molecule has 0 amide bonds. The summed E-state index contributed by atoms with van der Waals surface area (Å²) in [4.78, 5) is 4.23. The first-order valence-corrected chi connectivity index (χ1v) is 6.71. The smallest absolute Gasteiger partial charge is 0.139 e. The fraction of sp³-hybridized carbons (Fsp3) is 0.455. The summed E-state index contributed by atoms with van der Waals surface area (Å²) in [6, 6.07) is 3.74. The van der Waals surface area contributed by atoms with E-state index in [1.54, 1.807) is 18.0 Å². The van der Waals surface area contributed by atoms with Crippen molar-refractivity contribution < 1.29 is 5.21 Å². The largest absolute Gasteiger partial charge is 0.409 e. The van der Waals surface area contributed by atoms with E-state index in [9.17, 15) is 0 Å². The number of nitrogens with zero attached hydrogens (tertiary/aromatic N) is 2. The zero-order valence-electron chi connectivity index (χ0n) is 9.27. The van der Waals surface area contributed by atoms with Crippen molar-refractivity contribution in [3.05, 3.63) is 23.4 Å². The van der Waals surface area contributed by atoms with E-state index in [-0.39, 0.29) is 5.41 Å². The van der Waals surface area contributed by atoms with E-state index < -0.39 is 0 Å². The number of oxime groups is 1. The summed E-state index contributed by atoms with van der Waals surface area (Å²) in [5.74, 6) is 1.25. The standard InChI is InChI=1S/C11H14ClN3OS/c12-8-1-2-10(14-6-8)17-7-11(3-4-11)5-9(13)15-16/h1-2,6,16H,3-5,7H2,(H2,13,15). The van der Waals surface area contributed by atoms with Crippen molar-refractivity contribution in [2.75, 3.05) is 5.75 Å². The lowest BCUT2D eigenvalue weighted by Crippen LogP contribution is -2.19. The molecule has 1 aromatic rings. The van der Waals surface area contributed by atoms with Gasteiger partial charge in [0.15, 0.2) is 0 Å². The first-order chi connectivity index (χ1) is 8.13. The lowest BCUT2D eigenvalue weighted by atomic mass is 10.1. The van der Waals surface area contributed by atoms with Crippen molar-refractivity contribution in [1.29, 1.82) is 0 Å². The third-order valence-corrected chi connectivity index (χ3v) is 4.39. The normalized spacial score (nSPS) is 18.1. The van der Waals surface area contributed by atoms with Gasteiger partial charge in [-0.3, -0.25) is 0 Å². The molecule has 1 aliphatic carbocycles. The molecule has 1 saturated carbocycles. The van der Waals surface area contributed by atoms with Gasteiger partial charge >= 0.3 is 0 Å². The quantitative estimate of drug-likeness (QED) is 0.284. The summed E-state index contributed by atoms with van der Waals surface area (Å²) in [6.45, 7) is 0. The van der Waals surface area contributed by atoms with Crippen LogP contribution in [-0.2, 0) is 0 Å². The summed E-state index contributed by atoms with van der Waals surface area (Å²) in [5, 5.41) is 13.2. The molecule has 0 aromatic carbocycles. The van der Waals surface area contributed by atoms with Gasteiger partial charge in [0.1, 0.15) is 5.84 Å². The summed E-state index contributed by atoms with van der Waals surface area (Å²) in [7, 11) is 0. The third kappa shape index (κ3) is 3.51. The number of rotatable bonds is 5. The Kier molecular flexibility index (Phi) is 3.79. The van der Waals surface area contributed by atoms with Gasteiger partial charge in [0.2, 0.25) is 0 Å². The molecule has 6 heteroatoms. The summed E-state index contributed by atoms with van der Waals surface area (Å²) in [5.41, 5.74) is 5.74. The van der Waals surface area contributed by atoms with Crippen LogP contribution in [0.25, 0.3) is 0 Å². The van der Waals surface area contributed by atoms with Crippen LogP contribution in [0.2, 0.25) is 5.02 Å². The van der Waals surface area contributed by atoms with Crippen molar-refractivity contribution in [2.24, 2.45) is 16.3 Å². The van der Waals surface area contributed by atoms with Crippen LogP contribution in [0.1, 0.15) is 19.3 Å². The zero-order valence-corrected chi connectivity index (χ0v) is 10.8. The van der Waals surface area contributed by atoms with Crippen LogP contribution in [0.15, 0.2) is 28.5 Å². The Labute approximate surface area is 109 Å². The van der Waals surface area contributed by atoms with Crippen molar-refractivity contribution >= 4 is 29.2 Å². The fourth-order valence-electron chi connectivity index (χ4n) is 1.64. The SMILES string of the molecule is NC(CC1(CSc2ccc(Cl)cn2)CC1)=NO. The average molecular weight is 272 g/mol. The summed E-state index contributed by atoms with van der Waals surface area (Å²) < 4.78 is 0. The van der Waals surface area contributed by atoms with E-state index in [0.29, 0.717) is 17.3 Å². The van der Waals surface area contributed by atoms with Crippen molar-refractivity contribution in [3.63, 3.8) is 0 Å². The first-order valence-electron chi connectivity index (χ1n) is 5.34. The molecule has 0 unspecified atom stereocenters. The van der Waals surface area contributed by atoms with E-state index in [4.69, 9.17) is 22.5 Å². The van der Waals surface area contributed by atoms with Gasteiger partial charge in [-0.1, -0.05) is 16.8 Å². The first kappa shape index (κ1) is 12.5. The molecule has 1 aromatic heterocycles. The highest BCUT2D eigenvalue weighted by Crippen LogP contribution is 2.51. The van der Waals surface area contributed by atoms with Crippen molar-refractivity contribution in [1.82, 2.24) is 4.98 Å². The van der Waals surface area contributed by atoms with Crippen molar-refractivity contribution in [3.8, 4) is 0 Å². The maximum absolute atomic E-state index is 8.57. The highest BCUT2D eigenvalue weighted by Gasteiger charge is 2.43. The van der Waals surface area contributed by atoms with E-state index in [1.807, 2.05) is 12.1 Å². The molecule has 92 valence electrons. The minimum atomic E-state index is 0.197. The minimum Gasteiger partial charge on any atom is -0.409 e. The second kappa shape index (κ2) is 5.14. The fourth-order valence-corrected chi connectivity index (χ4v) is 2.89. The number of halogens is 1. The molecule has 0 saturated heterocycles. The van der Waals surface area contributed by atoms with Gasteiger partial charge in [-0.2, -0.15) is 0 Å². The molecule has 4 nitrogen and oxygen atoms in total. The lowest BCUT2D eigenvalue weighted by Gasteiger charge is -2.12. The summed E-state index contributed by atoms with van der Waals surface area (Å²) >= 11 is 7.46. The maximum Gasteiger partial charge on any atom is 0.139 e. The van der Waals surface area contributed by atoms with Crippen LogP contribution in [0.5, 0.6) is 0 Å². The van der Waals surface area contributed by atoms with Gasteiger partial charge in [-0.15, -0.1) is 11.8 Å². The Morgan fingerprint density at radius 3 is 2.88 bits per heavy atom. The number of pyridine rings is 1. The van der Waals surface area contributed by atoms with Gasteiger partial charge in [0.05, 0.1) is 10.0 Å². The van der Waals surface area contributed by atoms with E-state index in [1.165, 1.54) is 0 Å². The van der Waals surface area contributed by atoms with Gasteiger partial charge in [-0.25, -0.2) is 4.98 Å². The molecular weight excluding hydrogens is 258 g/mol. The Hall–Kier alpha value is -0.940. The Morgan fingerprint density at radius 2 is 2.35 bits per heavy atom. The highest BCUT2D eigenvalue weighted by atomic mass is 35.5. The van der Waals surface area contributed by atoms with E-state index >= 15 is 0 Å². The zero-order chi connectivity index (χ0) is 12.3. The Bertz CT molecular complexity index is 417. The van der Waals surface area contributed by atoms with E-state index in [2.05, 4.69) is 10.1 Å². The van der Waals surface area contributed by atoms with Gasteiger partial charge < -0.3 is 10.9 Å². The number of hydrogen-bond donors (Lipinski definition) is 2. The Balaban J connectivity index is 1.88. The molecule has 17 heavy (non-hydrogen) atoms. The molecule has 1 aliphatic rings. The number of hydrogen-bond acceptors (Lipinski definition) is 4. The predicted octanol–water partition coefficient (Wildman–Crippen LogP) is 2.74. The molecule has 0 bridgehead atoms. The van der Waals surface area contributed by atoms with Crippen molar-refractivity contribution in [2.45, 2.75) is 24.3 Å². The van der Waals surface area contributed by atoms with Crippen LogP contribution in [0.4, 0.5) is 0 Å². The van der Waals surface area contributed by atoms with Gasteiger partial charge in [0, 0.05) is 18.4 Å². The molecule has 1 heterocycles. The molecule has 0 aliphatic heterocycles. The van der Waals surface area contributed by atoms with Crippen LogP contribution >= 0.6 is 23.4 Å². The molecule has 1 fully saturated rings. The molecule has 2 rings (SSSR count). The number of thioether (sulfide) groups is 1. The topological polar surface area (TPSA) is 71.5 Å². The Morgan fingerprint density at radius 1 is 1.59 bits per heavy atom. The monoisotopic (exact) mass is 271 g/mol.